The van der Waals surface area contributed by atoms with Gasteiger partial charge in [-0.15, -0.1) is 0 Å². The summed E-state index contributed by atoms with van der Waals surface area (Å²) in [5, 5.41) is 0. The van der Waals surface area contributed by atoms with Crippen LogP contribution in [0, 0.1) is 0 Å². The quantitative estimate of drug-likeness (QED) is 0.804. The zero-order valence-corrected chi connectivity index (χ0v) is 11.0. The van der Waals surface area contributed by atoms with Gasteiger partial charge < -0.3 is 11.5 Å². The van der Waals surface area contributed by atoms with Gasteiger partial charge in [0.25, 0.3) is 0 Å². The average Bonchev–Trinajstić information content (AvgIpc) is 2.46. The highest BCUT2D eigenvalue weighted by atomic mass is 16.1. The molecule has 0 unspecified atom stereocenters. The van der Waals surface area contributed by atoms with Crippen molar-refractivity contribution in [2.75, 3.05) is 0 Å². The van der Waals surface area contributed by atoms with Crippen LogP contribution in [0.1, 0.15) is 27.0 Å². The van der Waals surface area contributed by atoms with Crippen molar-refractivity contribution in [2.45, 2.75) is 13.0 Å². The highest BCUT2D eigenvalue weighted by molar-refractivity contribution is 6.10. The van der Waals surface area contributed by atoms with Gasteiger partial charge in [0.2, 0.25) is 5.91 Å². The number of ketones is 1. The summed E-state index contributed by atoms with van der Waals surface area (Å²) in [7, 11) is 0. The lowest BCUT2D eigenvalue weighted by Crippen LogP contribution is -2.18. The van der Waals surface area contributed by atoms with E-state index in [1.165, 1.54) is 0 Å². The van der Waals surface area contributed by atoms with E-state index >= 15 is 0 Å². The van der Waals surface area contributed by atoms with Crippen molar-refractivity contribution >= 4 is 11.7 Å². The summed E-state index contributed by atoms with van der Waals surface area (Å²) in [6, 6.07) is 14.2. The Morgan fingerprint density at radius 2 is 1.65 bits per heavy atom. The lowest BCUT2D eigenvalue weighted by molar-refractivity contribution is -0.117. The van der Waals surface area contributed by atoms with Gasteiger partial charge >= 0.3 is 0 Å². The van der Waals surface area contributed by atoms with E-state index in [1.807, 2.05) is 18.2 Å². The van der Waals surface area contributed by atoms with Crippen molar-refractivity contribution in [3.8, 4) is 0 Å². The molecule has 4 N–H and O–H groups in total. The van der Waals surface area contributed by atoms with E-state index in [4.69, 9.17) is 11.5 Å². The summed E-state index contributed by atoms with van der Waals surface area (Å²) in [5.41, 5.74) is 13.5. The largest absolute Gasteiger partial charge is 0.369 e. The van der Waals surface area contributed by atoms with Gasteiger partial charge in [0.15, 0.2) is 5.78 Å². The number of hydrogen-bond acceptors (Lipinski definition) is 3. The molecule has 0 aromatic heterocycles. The molecule has 0 atom stereocenters. The normalized spacial score (nSPS) is 10.2. The van der Waals surface area contributed by atoms with E-state index in [1.54, 1.807) is 30.3 Å². The third kappa shape index (κ3) is 2.92. The first-order valence-corrected chi connectivity index (χ1v) is 6.32. The van der Waals surface area contributed by atoms with E-state index in [2.05, 4.69) is 0 Å². The van der Waals surface area contributed by atoms with Crippen LogP contribution in [0.4, 0.5) is 0 Å². The molecule has 2 rings (SSSR count). The van der Waals surface area contributed by atoms with E-state index in [0.717, 1.165) is 0 Å². The smallest absolute Gasteiger partial charge is 0.221 e. The van der Waals surface area contributed by atoms with Gasteiger partial charge in [0, 0.05) is 17.7 Å². The van der Waals surface area contributed by atoms with E-state index in [0.29, 0.717) is 22.3 Å². The number of rotatable bonds is 5. The fourth-order valence-corrected chi connectivity index (χ4v) is 2.19. The standard InChI is InChI=1S/C16H16N2O2/c17-10-14-12(9-15(18)19)7-4-8-13(14)16(20)11-5-2-1-3-6-11/h1-8H,9-10,17H2,(H2,18,19). The van der Waals surface area contributed by atoms with Gasteiger partial charge in [0.1, 0.15) is 0 Å². The summed E-state index contributed by atoms with van der Waals surface area (Å²) in [4.78, 5) is 23.6. The van der Waals surface area contributed by atoms with E-state index in [-0.39, 0.29) is 18.7 Å². The van der Waals surface area contributed by atoms with Crippen molar-refractivity contribution in [3.05, 3.63) is 70.8 Å². The van der Waals surface area contributed by atoms with Gasteiger partial charge in [-0.05, 0) is 11.1 Å². The molecule has 4 heteroatoms. The Bertz CT molecular complexity index is 636. The molecule has 0 aliphatic rings. The van der Waals surface area contributed by atoms with Crippen molar-refractivity contribution < 1.29 is 9.59 Å². The van der Waals surface area contributed by atoms with Crippen LogP contribution < -0.4 is 11.5 Å². The fraction of sp³-hybridized carbons (Fsp3) is 0.125. The minimum absolute atomic E-state index is 0.0858. The van der Waals surface area contributed by atoms with Crippen LogP contribution in [0.15, 0.2) is 48.5 Å². The van der Waals surface area contributed by atoms with Crippen LogP contribution in [-0.4, -0.2) is 11.7 Å². The lowest BCUT2D eigenvalue weighted by atomic mass is 9.93. The van der Waals surface area contributed by atoms with E-state index < -0.39 is 5.91 Å². The maximum absolute atomic E-state index is 12.5. The zero-order chi connectivity index (χ0) is 14.5. The number of amides is 1. The SMILES string of the molecule is NCc1c(CC(N)=O)cccc1C(=O)c1ccccc1. The Morgan fingerprint density at radius 3 is 2.25 bits per heavy atom. The second-order valence-corrected chi connectivity index (χ2v) is 4.49. The molecule has 1 amide bonds. The maximum Gasteiger partial charge on any atom is 0.221 e. The van der Waals surface area contributed by atoms with Crippen molar-refractivity contribution in [3.63, 3.8) is 0 Å². The summed E-state index contributed by atoms with van der Waals surface area (Å²) in [5.74, 6) is -0.540. The minimum Gasteiger partial charge on any atom is -0.369 e. The second-order valence-electron chi connectivity index (χ2n) is 4.49. The molecular weight excluding hydrogens is 252 g/mol. The fourth-order valence-electron chi connectivity index (χ4n) is 2.19. The summed E-state index contributed by atoms with van der Waals surface area (Å²) < 4.78 is 0. The first-order chi connectivity index (χ1) is 9.63. The van der Waals surface area contributed by atoms with Gasteiger partial charge in [-0.2, -0.15) is 0 Å². The highest BCUT2D eigenvalue weighted by Gasteiger charge is 2.16. The Kier molecular flexibility index (Phi) is 4.27. The molecule has 0 aliphatic heterocycles. The molecule has 0 radical (unpaired) electrons. The Labute approximate surface area is 117 Å². The predicted octanol–water partition coefficient (Wildman–Crippen LogP) is 1.40. The van der Waals surface area contributed by atoms with Gasteiger partial charge in [-0.25, -0.2) is 0 Å². The Balaban J connectivity index is 2.46. The molecule has 0 saturated heterocycles. The molecule has 0 bridgehead atoms. The lowest BCUT2D eigenvalue weighted by Gasteiger charge is -2.11. The number of carbonyl (C=O) groups is 2. The molecule has 20 heavy (non-hydrogen) atoms. The van der Waals surface area contributed by atoms with Gasteiger partial charge in [-0.3, -0.25) is 9.59 Å². The molecule has 4 nitrogen and oxygen atoms in total. The van der Waals surface area contributed by atoms with Crippen LogP contribution in [0.5, 0.6) is 0 Å². The summed E-state index contributed by atoms with van der Waals surface area (Å²) in [6.45, 7) is 0.192. The molecule has 0 heterocycles. The Hall–Kier alpha value is -2.46. The Morgan fingerprint density at radius 1 is 0.950 bits per heavy atom. The van der Waals surface area contributed by atoms with Crippen molar-refractivity contribution in [1.82, 2.24) is 0 Å². The molecule has 2 aromatic rings. The predicted molar refractivity (Wildman–Crippen MR) is 77.1 cm³/mol. The zero-order valence-electron chi connectivity index (χ0n) is 11.0. The summed E-state index contributed by atoms with van der Waals surface area (Å²) in [6.07, 6.45) is 0.0858. The molecule has 0 aliphatic carbocycles. The average molecular weight is 268 g/mol. The van der Waals surface area contributed by atoms with Crippen molar-refractivity contribution in [1.29, 1.82) is 0 Å². The molecule has 2 aromatic carbocycles. The first kappa shape index (κ1) is 14.0. The van der Waals surface area contributed by atoms with Crippen molar-refractivity contribution in [2.24, 2.45) is 11.5 Å². The molecule has 102 valence electrons. The number of hydrogen-bond donors (Lipinski definition) is 2. The van der Waals surface area contributed by atoms with Gasteiger partial charge in [-0.1, -0.05) is 48.5 Å². The molecular formula is C16H16N2O2. The number of primary amides is 1. The van der Waals surface area contributed by atoms with Crippen LogP contribution in [0.25, 0.3) is 0 Å². The van der Waals surface area contributed by atoms with Crippen LogP contribution >= 0.6 is 0 Å². The molecule has 0 saturated carbocycles. The second kappa shape index (κ2) is 6.12. The first-order valence-electron chi connectivity index (χ1n) is 6.32. The van der Waals surface area contributed by atoms with Gasteiger partial charge in [0.05, 0.1) is 6.42 Å². The third-order valence-electron chi connectivity index (χ3n) is 3.12. The third-order valence-corrected chi connectivity index (χ3v) is 3.12. The highest BCUT2D eigenvalue weighted by Crippen LogP contribution is 2.19. The van der Waals surface area contributed by atoms with Crippen LogP contribution in [0.3, 0.4) is 0 Å². The minimum atomic E-state index is -0.441. The maximum atomic E-state index is 12.5. The van der Waals surface area contributed by atoms with E-state index in [9.17, 15) is 9.59 Å². The topological polar surface area (TPSA) is 86.2 Å². The number of nitrogens with two attached hydrogens (primary N) is 2. The number of carbonyl (C=O) groups excluding carboxylic acids is 2. The molecule has 0 fully saturated rings. The molecule has 0 spiro atoms. The van der Waals surface area contributed by atoms with Crippen LogP contribution in [0.2, 0.25) is 0 Å². The summed E-state index contributed by atoms with van der Waals surface area (Å²) >= 11 is 0. The number of benzene rings is 2. The van der Waals surface area contributed by atoms with Crippen LogP contribution in [-0.2, 0) is 17.8 Å². The monoisotopic (exact) mass is 268 g/mol.